The molecule has 0 amide bonds. The minimum Gasteiger partial charge on any atom is -0.439 e. The number of nitriles is 1. The highest BCUT2D eigenvalue weighted by molar-refractivity contribution is 5.37. The van der Waals surface area contributed by atoms with Crippen LogP contribution in [0.3, 0.4) is 0 Å². The molecule has 0 radical (unpaired) electrons. The molecule has 2 rings (SSSR count). The predicted octanol–water partition coefficient (Wildman–Crippen LogP) is 2.77. The molecular weight excluding hydrogens is 238 g/mol. The standard InChI is InChI=1S/C15H15N3O/c1-11-6-13(9-16)8-15(18-11)19-14-5-3-4-12(7-14)10-17-2/h3-8,17H,10H2,1-2H3. The van der Waals surface area contributed by atoms with Crippen LogP contribution in [0.5, 0.6) is 11.6 Å². The maximum Gasteiger partial charge on any atom is 0.220 e. The molecule has 4 nitrogen and oxygen atoms in total. The van der Waals surface area contributed by atoms with E-state index in [0.29, 0.717) is 11.4 Å². The van der Waals surface area contributed by atoms with Gasteiger partial charge in [0.15, 0.2) is 0 Å². The van der Waals surface area contributed by atoms with E-state index in [-0.39, 0.29) is 0 Å². The third kappa shape index (κ3) is 3.54. The van der Waals surface area contributed by atoms with Crippen molar-refractivity contribution in [2.75, 3.05) is 7.05 Å². The van der Waals surface area contributed by atoms with E-state index in [0.717, 1.165) is 23.6 Å². The lowest BCUT2D eigenvalue weighted by Gasteiger charge is -2.07. The van der Waals surface area contributed by atoms with Crippen LogP contribution in [0.2, 0.25) is 0 Å². The summed E-state index contributed by atoms with van der Waals surface area (Å²) in [6, 6.07) is 13.2. The van der Waals surface area contributed by atoms with Crippen molar-refractivity contribution in [3.63, 3.8) is 0 Å². The normalized spacial score (nSPS) is 9.95. The zero-order valence-electron chi connectivity index (χ0n) is 11.0. The van der Waals surface area contributed by atoms with Crippen LogP contribution in [0.25, 0.3) is 0 Å². The van der Waals surface area contributed by atoms with Crippen molar-refractivity contribution < 1.29 is 4.74 Å². The van der Waals surface area contributed by atoms with E-state index in [2.05, 4.69) is 16.4 Å². The molecule has 0 aliphatic heterocycles. The minimum atomic E-state index is 0.443. The van der Waals surface area contributed by atoms with Crippen molar-refractivity contribution in [2.45, 2.75) is 13.5 Å². The van der Waals surface area contributed by atoms with Gasteiger partial charge in [-0.1, -0.05) is 12.1 Å². The SMILES string of the molecule is CNCc1cccc(Oc2cc(C#N)cc(C)n2)c1. The molecule has 0 unspecified atom stereocenters. The number of benzene rings is 1. The molecule has 0 saturated carbocycles. The van der Waals surface area contributed by atoms with Gasteiger partial charge in [0.25, 0.3) is 0 Å². The molecule has 0 saturated heterocycles. The van der Waals surface area contributed by atoms with E-state index in [1.54, 1.807) is 12.1 Å². The summed E-state index contributed by atoms with van der Waals surface area (Å²) in [4.78, 5) is 4.26. The quantitative estimate of drug-likeness (QED) is 0.910. The second kappa shape index (κ2) is 5.98. The number of aryl methyl sites for hydroxylation is 1. The van der Waals surface area contributed by atoms with Gasteiger partial charge in [0.2, 0.25) is 5.88 Å². The van der Waals surface area contributed by atoms with E-state index >= 15 is 0 Å². The number of nitrogens with one attached hydrogen (secondary N) is 1. The van der Waals surface area contributed by atoms with Crippen LogP contribution in [-0.4, -0.2) is 12.0 Å². The highest BCUT2D eigenvalue weighted by Gasteiger charge is 2.03. The second-order valence-electron chi connectivity index (χ2n) is 4.23. The van der Waals surface area contributed by atoms with Crippen molar-refractivity contribution in [2.24, 2.45) is 0 Å². The van der Waals surface area contributed by atoms with Gasteiger partial charge < -0.3 is 10.1 Å². The molecule has 1 N–H and O–H groups in total. The summed E-state index contributed by atoms with van der Waals surface area (Å²) in [6.07, 6.45) is 0. The Labute approximate surface area is 112 Å². The van der Waals surface area contributed by atoms with Gasteiger partial charge in [-0.2, -0.15) is 5.26 Å². The van der Waals surface area contributed by atoms with Crippen LogP contribution in [0.4, 0.5) is 0 Å². The Morgan fingerprint density at radius 2 is 2.16 bits per heavy atom. The van der Waals surface area contributed by atoms with Gasteiger partial charge in [0, 0.05) is 18.3 Å². The molecule has 1 aromatic carbocycles. The fourth-order valence-electron chi connectivity index (χ4n) is 1.80. The molecule has 96 valence electrons. The number of aromatic nitrogens is 1. The summed E-state index contributed by atoms with van der Waals surface area (Å²) < 4.78 is 5.70. The van der Waals surface area contributed by atoms with Crippen LogP contribution in [0, 0.1) is 18.3 Å². The molecular formula is C15H15N3O. The van der Waals surface area contributed by atoms with Gasteiger partial charge in [-0.15, -0.1) is 0 Å². The van der Waals surface area contributed by atoms with E-state index in [9.17, 15) is 0 Å². The monoisotopic (exact) mass is 253 g/mol. The molecule has 0 bridgehead atoms. The number of hydrogen-bond acceptors (Lipinski definition) is 4. The number of ether oxygens (including phenoxy) is 1. The van der Waals surface area contributed by atoms with Crippen molar-refractivity contribution in [3.05, 3.63) is 53.2 Å². The van der Waals surface area contributed by atoms with Gasteiger partial charge in [-0.25, -0.2) is 4.98 Å². The molecule has 0 fully saturated rings. The second-order valence-corrected chi connectivity index (χ2v) is 4.23. The number of pyridine rings is 1. The first kappa shape index (κ1) is 13.1. The third-order valence-electron chi connectivity index (χ3n) is 2.56. The van der Waals surface area contributed by atoms with E-state index in [1.807, 2.05) is 38.2 Å². The molecule has 0 atom stereocenters. The van der Waals surface area contributed by atoms with Crippen LogP contribution in [-0.2, 0) is 6.54 Å². The molecule has 4 heteroatoms. The highest BCUT2D eigenvalue weighted by Crippen LogP contribution is 2.21. The molecule has 1 heterocycles. The average molecular weight is 253 g/mol. The first-order valence-electron chi connectivity index (χ1n) is 6.01. The molecule has 2 aromatic rings. The molecule has 0 aliphatic rings. The minimum absolute atomic E-state index is 0.443. The van der Waals surface area contributed by atoms with E-state index < -0.39 is 0 Å². The average Bonchev–Trinajstić information content (AvgIpc) is 2.39. The summed E-state index contributed by atoms with van der Waals surface area (Å²) >= 11 is 0. The summed E-state index contributed by atoms with van der Waals surface area (Å²) in [5, 5.41) is 12.0. The fourth-order valence-corrected chi connectivity index (χ4v) is 1.80. The van der Waals surface area contributed by atoms with Crippen LogP contribution in [0.15, 0.2) is 36.4 Å². The number of rotatable bonds is 4. The van der Waals surface area contributed by atoms with Gasteiger partial charge in [0.05, 0.1) is 11.6 Å². The van der Waals surface area contributed by atoms with Crippen LogP contribution in [0.1, 0.15) is 16.8 Å². The highest BCUT2D eigenvalue weighted by atomic mass is 16.5. The summed E-state index contributed by atoms with van der Waals surface area (Å²) in [6.45, 7) is 2.62. The van der Waals surface area contributed by atoms with Gasteiger partial charge in [-0.3, -0.25) is 0 Å². The summed E-state index contributed by atoms with van der Waals surface area (Å²) in [5.74, 6) is 1.16. The summed E-state index contributed by atoms with van der Waals surface area (Å²) in [7, 11) is 1.90. The Morgan fingerprint density at radius 3 is 2.89 bits per heavy atom. The lowest BCUT2D eigenvalue weighted by molar-refractivity contribution is 0.460. The van der Waals surface area contributed by atoms with Crippen LogP contribution >= 0.6 is 0 Å². The molecule has 19 heavy (non-hydrogen) atoms. The third-order valence-corrected chi connectivity index (χ3v) is 2.56. The van der Waals surface area contributed by atoms with Crippen molar-refractivity contribution >= 4 is 0 Å². The van der Waals surface area contributed by atoms with Gasteiger partial charge in [-0.05, 0) is 37.7 Å². The Balaban J connectivity index is 2.23. The summed E-state index contributed by atoms with van der Waals surface area (Å²) in [5.41, 5.74) is 2.45. The van der Waals surface area contributed by atoms with Crippen LogP contribution < -0.4 is 10.1 Å². The largest absolute Gasteiger partial charge is 0.439 e. The van der Waals surface area contributed by atoms with Crippen molar-refractivity contribution in [3.8, 4) is 17.7 Å². The molecule has 0 aliphatic carbocycles. The molecule has 1 aromatic heterocycles. The Morgan fingerprint density at radius 1 is 1.32 bits per heavy atom. The Bertz CT molecular complexity index is 617. The first-order valence-corrected chi connectivity index (χ1v) is 6.01. The van der Waals surface area contributed by atoms with Gasteiger partial charge in [0.1, 0.15) is 5.75 Å². The fraction of sp³-hybridized carbons (Fsp3) is 0.200. The topological polar surface area (TPSA) is 57.9 Å². The van der Waals surface area contributed by atoms with E-state index in [4.69, 9.17) is 10.00 Å². The lowest BCUT2D eigenvalue weighted by Crippen LogP contribution is -2.04. The zero-order valence-corrected chi connectivity index (χ0v) is 11.0. The van der Waals surface area contributed by atoms with Gasteiger partial charge >= 0.3 is 0 Å². The number of hydrogen-bond donors (Lipinski definition) is 1. The predicted molar refractivity (Wildman–Crippen MR) is 73.0 cm³/mol. The molecule has 0 spiro atoms. The van der Waals surface area contributed by atoms with Crippen molar-refractivity contribution in [1.29, 1.82) is 5.26 Å². The Hall–Kier alpha value is -2.38. The van der Waals surface area contributed by atoms with Crippen molar-refractivity contribution in [1.82, 2.24) is 10.3 Å². The first-order chi connectivity index (χ1) is 9.21. The lowest BCUT2D eigenvalue weighted by atomic mass is 10.2. The Kier molecular flexibility index (Phi) is 4.11. The maximum atomic E-state index is 8.93. The van der Waals surface area contributed by atoms with E-state index in [1.165, 1.54) is 0 Å². The zero-order chi connectivity index (χ0) is 13.7. The maximum absolute atomic E-state index is 8.93. The smallest absolute Gasteiger partial charge is 0.220 e. The number of nitrogens with zero attached hydrogens (tertiary/aromatic N) is 2.